The number of urea groups is 1. The van der Waals surface area contributed by atoms with Gasteiger partial charge in [0.2, 0.25) is 0 Å². The molecule has 0 aliphatic carbocycles. The van der Waals surface area contributed by atoms with Crippen molar-refractivity contribution in [2.24, 2.45) is 11.7 Å². The maximum Gasteiger partial charge on any atom is 0.417 e. The van der Waals surface area contributed by atoms with Crippen LogP contribution < -0.4 is 11.1 Å². The molecule has 3 rings (SSSR count). The van der Waals surface area contributed by atoms with Gasteiger partial charge in [-0.15, -0.1) is 0 Å². The van der Waals surface area contributed by atoms with Crippen LogP contribution in [0.25, 0.3) is 0 Å². The topological polar surface area (TPSA) is 96.0 Å². The van der Waals surface area contributed by atoms with Crippen LogP contribution in [0.15, 0.2) is 54.6 Å². The van der Waals surface area contributed by atoms with E-state index in [1.165, 1.54) is 0 Å². The number of amides is 3. The minimum Gasteiger partial charge on any atom is -0.364 e. The molecule has 3 amide bonds. The Hall–Kier alpha value is -2.88. The molecule has 1 aliphatic heterocycles. The highest BCUT2D eigenvalue weighted by molar-refractivity contribution is 6.30. The lowest BCUT2D eigenvalue weighted by molar-refractivity contribution is -0.867. The molecule has 3 atom stereocenters. The van der Waals surface area contributed by atoms with Crippen LogP contribution in [0.4, 0.5) is 4.79 Å². The van der Waals surface area contributed by atoms with Gasteiger partial charge in [-0.05, 0) is 36.5 Å². The van der Waals surface area contributed by atoms with E-state index in [0.717, 1.165) is 17.5 Å². The van der Waals surface area contributed by atoms with Gasteiger partial charge in [-0.3, -0.25) is 4.79 Å². The second kappa shape index (κ2) is 11.0. The number of quaternary nitrogens is 1. The Labute approximate surface area is 207 Å². The molecule has 2 aromatic rings. The lowest BCUT2D eigenvalue weighted by atomic mass is 9.70. The zero-order valence-electron chi connectivity index (χ0n) is 20.0. The van der Waals surface area contributed by atoms with E-state index in [1.807, 2.05) is 48.5 Å². The molecule has 1 heterocycles. The van der Waals surface area contributed by atoms with Crippen LogP contribution in [0, 0.1) is 17.2 Å². The number of carbonyl (C=O) groups is 2. The number of nitriles is 1. The highest BCUT2D eigenvalue weighted by Crippen LogP contribution is 2.36. The van der Waals surface area contributed by atoms with Gasteiger partial charge in [0.1, 0.15) is 6.54 Å². The van der Waals surface area contributed by atoms with E-state index < -0.39 is 17.4 Å². The van der Waals surface area contributed by atoms with E-state index in [4.69, 9.17) is 17.3 Å². The van der Waals surface area contributed by atoms with Crippen LogP contribution >= 0.6 is 11.6 Å². The van der Waals surface area contributed by atoms with Crippen molar-refractivity contribution >= 4 is 23.5 Å². The van der Waals surface area contributed by atoms with Gasteiger partial charge in [0.05, 0.1) is 18.0 Å². The van der Waals surface area contributed by atoms with Crippen LogP contribution in [0.2, 0.25) is 5.02 Å². The molecule has 34 heavy (non-hydrogen) atoms. The first kappa shape index (κ1) is 25.7. The third-order valence-electron chi connectivity index (χ3n) is 7.22. The summed E-state index contributed by atoms with van der Waals surface area (Å²) in [6, 6.07) is 19.0. The molecule has 7 heteroatoms. The summed E-state index contributed by atoms with van der Waals surface area (Å²) in [5, 5.41) is 13.7. The Morgan fingerprint density at radius 2 is 1.97 bits per heavy atom. The van der Waals surface area contributed by atoms with Gasteiger partial charge in [0.25, 0.3) is 5.91 Å². The van der Waals surface area contributed by atoms with Crippen molar-refractivity contribution < 1.29 is 14.1 Å². The normalized spacial score (nSPS) is 21.6. The molecule has 0 bridgehead atoms. The monoisotopic (exact) mass is 481 g/mol. The summed E-state index contributed by atoms with van der Waals surface area (Å²) in [5.74, 6) is -0.336. The van der Waals surface area contributed by atoms with Crippen molar-refractivity contribution in [1.29, 1.82) is 5.26 Å². The van der Waals surface area contributed by atoms with E-state index in [2.05, 4.69) is 25.2 Å². The SMILES string of the molecule is CC(C)C(C#N)(CCCNC(=O)[N@@+]1(Cc2cccc(Cl)c2)CCCC1C(N)=O)c1ccccc1. The van der Waals surface area contributed by atoms with Gasteiger partial charge >= 0.3 is 6.03 Å². The van der Waals surface area contributed by atoms with Crippen molar-refractivity contribution in [2.45, 2.75) is 57.5 Å². The Morgan fingerprint density at radius 3 is 2.59 bits per heavy atom. The fraction of sp³-hybridized carbons (Fsp3) is 0.444. The zero-order chi connectivity index (χ0) is 24.8. The summed E-state index contributed by atoms with van der Waals surface area (Å²) in [6.07, 6.45) is 2.60. The number of benzene rings is 2. The number of carbonyl (C=O) groups excluding carboxylic acids is 2. The van der Waals surface area contributed by atoms with Gasteiger partial charge in [0.15, 0.2) is 6.04 Å². The second-order valence-electron chi connectivity index (χ2n) is 9.55. The molecule has 1 fully saturated rings. The third kappa shape index (κ3) is 5.27. The predicted molar refractivity (Wildman–Crippen MR) is 134 cm³/mol. The number of primary amides is 1. The molecule has 1 aliphatic rings. The molecule has 180 valence electrons. The molecule has 0 radical (unpaired) electrons. The summed E-state index contributed by atoms with van der Waals surface area (Å²) in [5.41, 5.74) is 6.99. The van der Waals surface area contributed by atoms with Crippen LogP contribution in [0.1, 0.15) is 50.7 Å². The highest BCUT2D eigenvalue weighted by atomic mass is 35.5. The number of halogens is 1. The highest BCUT2D eigenvalue weighted by Gasteiger charge is 2.51. The molecule has 0 aromatic heterocycles. The van der Waals surface area contributed by atoms with E-state index in [9.17, 15) is 14.9 Å². The zero-order valence-corrected chi connectivity index (χ0v) is 20.7. The summed E-state index contributed by atoms with van der Waals surface area (Å²) in [4.78, 5) is 25.8. The molecule has 1 saturated heterocycles. The van der Waals surface area contributed by atoms with Crippen LogP contribution in [-0.2, 0) is 16.8 Å². The van der Waals surface area contributed by atoms with E-state index in [1.54, 1.807) is 6.07 Å². The van der Waals surface area contributed by atoms with E-state index in [-0.39, 0.29) is 16.4 Å². The van der Waals surface area contributed by atoms with E-state index in [0.29, 0.717) is 43.9 Å². The van der Waals surface area contributed by atoms with Crippen molar-refractivity contribution in [1.82, 2.24) is 5.32 Å². The van der Waals surface area contributed by atoms with Crippen molar-refractivity contribution in [3.8, 4) is 6.07 Å². The first-order valence-electron chi connectivity index (χ1n) is 11.9. The average molecular weight is 482 g/mol. The number of rotatable bonds is 9. The molecule has 0 saturated carbocycles. The lowest BCUT2D eigenvalue weighted by Crippen LogP contribution is -2.62. The molecule has 6 nitrogen and oxygen atoms in total. The summed E-state index contributed by atoms with van der Waals surface area (Å²) < 4.78 is -0.0397. The summed E-state index contributed by atoms with van der Waals surface area (Å²) in [6.45, 7) is 5.44. The van der Waals surface area contributed by atoms with Crippen molar-refractivity contribution in [3.63, 3.8) is 0 Å². The number of likely N-dealkylation sites (tertiary alicyclic amines) is 1. The van der Waals surface area contributed by atoms with Gasteiger partial charge in [-0.2, -0.15) is 5.26 Å². The van der Waals surface area contributed by atoms with Crippen LogP contribution in [-0.4, -0.2) is 35.6 Å². The number of nitrogens with two attached hydrogens (primary N) is 1. The molecular weight excluding hydrogens is 448 g/mol. The van der Waals surface area contributed by atoms with Gasteiger partial charge in [-0.25, -0.2) is 9.28 Å². The Kier molecular flexibility index (Phi) is 8.35. The fourth-order valence-electron chi connectivity index (χ4n) is 5.29. The molecule has 2 unspecified atom stereocenters. The first-order valence-corrected chi connectivity index (χ1v) is 12.3. The largest absolute Gasteiger partial charge is 0.417 e. The first-order chi connectivity index (χ1) is 16.2. The summed E-state index contributed by atoms with van der Waals surface area (Å²) in [7, 11) is 0. The number of hydrogen-bond acceptors (Lipinski definition) is 3. The smallest absolute Gasteiger partial charge is 0.364 e. The maximum absolute atomic E-state index is 13.5. The van der Waals surface area contributed by atoms with Gasteiger partial charge < -0.3 is 11.1 Å². The van der Waals surface area contributed by atoms with Crippen molar-refractivity contribution in [2.75, 3.05) is 13.1 Å². The van der Waals surface area contributed by atoms with Crippen LogP contribution in [0.5, 0.6) is 0 Å². The molecular formula is C27H34ClN4O2+. The molecule has 2 aromatic carbocycles. The lowest BCUT2D eigenvalue weighted by Gasteiger charge is -2.36. The Morgan fingerprint density at radius 1 is 1.24 bits per heavy atom. The number of nitrogens with one attached hydrogen (secondary N) is 1. The molecule has 3 N–H and O–H groups in total. The standard InChI is InChI=1S/C27H33ClN4O2/c1-20(2)27(19-29,22-10-4-3-5-11-22)14-8-15-31-26(34)32(16-7-13-24(32)25(30)33)18-21-9-6-12-23(28)17-21/h3-6,9-12,17,20,24H,7-8,13-16,18H2,1-2H3,(H2-,30,31,33,34)/p+1/t24?,27?,32-/m1/s1. The van der Waals surface area contributed by atoms with Crippen molar-refractivity contribution in [3.05, 3.63) is 70.7 Å². The minimum absolute atomic E-state index is 0.0397. The number of hydrogen-bond donors (Lipinski definition) is 2. The van der Waals surface area contributed by atoms with Gasteiger partial charge in [0, 0.05) is 30.0 Å². The third-order valence-corrected chi connectivity index (χ3v) is 7.45. The number of nitrogens with zero attached hydrogens (tertiary/aromatic N) is 2. The van der Waals surface area contributed by atoms with Gasteiger partial charge in [-0.1, -0.05) is 67.9 Å². The molecule has 0 spiro atoms. The van der Waals surface area contributed by atoms with E-state index >= 15 is 0 Å². The fourth-order valence-corrected chi connectivity index (χ4v) is 5.51. The minimum atomic E-state index is -0.623. The Bertz CT molecular complexity index is 1050. The van der Waals surface area contributed by atoms with Crippen LogP contribution in [0.3, 0.4) is 0 Å². The summed E-state index contributed by atoms with van der Waals surface area (Å²) >= 11 is 6.16. The maximum atomic E-state index is 13.5. The Balaban J connectivity index is 1.74. The quantitative estimate of drug-likeness (QED) is 0.393. The average Bonchev–Trinajstić information content (AvgIpc) is 3.24. The second-order valence-corrected chi connectivity index (χ2v) is 9.98. The predicted octanol–water partition coefficient (Wildman–Crippen LogP) is 4.91.